The number of aliphatic hydroxyl groups excluding tert-OH is 1. The van der Waals surface area contributed by atoms with Crippen LogP contribution in [0.5, 0.6) is 0 Å². The van der Waals surface area contributed by atoms with Crippen molar-refractivity contribution in [3.05, 3.63) is 24.0 Å². The minimum absolute atomic E-state index is 0.517. The Bertz CT molecular complexity index is 491. The molecule has 98 valence electrons. The molecule has 0 saturated heterocycles. The molecule has 2 rings (SSSR count). The highest BCUT2D eigenvalue weighted by Gasteiger charge is 2.11. The number of rotatable bonds is 6. The van der Waals surface area contributed by atoms with Crippen LogP contribution in [0, 0.1) is 0 Å². The molecule has 0 radical (unpaired) electrons. The lowest BCUT2D eigenvalue weighted by Gasteiger charge is -2.04. The average molecular weight is 250 g/mol. The van der Waals surface area contributed by atoms with E-state index >= 15 is 0 Å². The Morgan fingerprint density at radius 3 is 2.94 bits per heavy atom. The maximum absolute atomic E-state index is 9.66. The number of nitrogens with zero attached hydrogens (tertiary/aromatic N) is 6. The molecular weight excluding hydrogens is 232 g/mol. The summed E-state index contributed by atoms with van der Waals surface area (Å²) in [4.78, 5) is 4.21. The second-order valence-electron chi connectivity index (χ2n) is 4.16. The van der Waals surface area contributed by atoms with Gasteiger partial charge in [0.1, 0.15) is 24.4 Å². The third-order valence-electron chi connectivity index (χ3n) is 2.72. The third kappa shape index (κ3) is 2.73. The van der Waals surface area contributed by atoms with E-state index in [-0.39, 0.29) is 0 Å². The van der Waals surface area contributed by atoms with Gasteiger partial charge in [0.15, 0.2) is 0 Å². The van der Waals surface area contributed by atoms with Crippen LogP contribution in [0.15, 0.2) is 12.5 Å². The van der Waals surface area contributed by atoms with Gasteiger partial charge in [-0.3, -0.25) is 0 Å². The van der Waals surface area contributed by atoms with Crippen LogP contribution in [-0.4, -0.2) is 34.9 Å². The average Bonchev–Trinajstić information content (AvgIpc) is 3.00. The highest BCUT2D eigenvalue weighted by Crippen LogP contribution is 2.12. The molecule has 2 aromatic heterocycles. The monoisotopic (exact) mass is 250 g/mol. The van der Waals surface area contributed by atoms with Gasteiger partial charge in [-0.25, -0.2) is 14.3 Å². The van der Waals surface area contributed by atoms with Crippen LogP contribution < -0.4 is 0 Å². The Morgan fingerprint density at radius 2 is 2.22 bits per heavy atom. The molecule has 2 heterocycles. The largest absolute Gasteiger partial charge is 0.387 e. The minimum atomic E-state index is -0.549. The standard InChI is InChI=1S/C11H18N6O/c1-3-5-17-11(12-8-13-17)7-16-6-9(14-15-16)10(18)4-2/h6,8,10,18H,3-5,7H2,1-2H3. The SMILES string of the molecule is CCCn1ncnc1Cn1cc(C(O)CC)nn1. The van der Waals surface area contributed by atoms with E-state index in [1.54, 1.807) is 17.2 Å². The van der Waals surface area contributed by atoms with Crippen LogP contribution in [0.3, 0.4) is 0 Å². The molecular formula is C11H18N6O. The van der Waals surface area contributed by atoms with Gasteiger partial charge in [0, 0.05) is 6.54 Å². The minimum Gasteiger partial charge on any atom is -0.387 e. The molecule has 0 aliphatic rings. The Kier molecular flexibility index (Phi) is 4.03. The van der Waals surface area contributed by atoms with Crippen LogP contribution in [0.1, 0.15) is 44.3 Å². The molecule has 7 nitrogen and oxygen atoms in total. The van der Waals surface area contributed by atoms with Crippen molar-refractivity contribution >= 4 is 0 Å². The lowest BCUT2D eigenvalue weighted by atomic mass is 10.2. The van der Waals surface area contributed by atoms with Crippen LogP contribution in [0.4, 0.5) is 0 Å². The Hall–Kier alpha value is -1.76. The molecule has 0 saturated carbocycles. The predicted molar refractivity (Wildman–Crippen MR) is 64.7 cm³/mol. The van der Waals surface area contributed by atoms with E-state index in [9.17, 15) is 5.11 Å². The molecule has 0 aromatic carbocycles. The normalized spacial score (nSPS) is 12.8. The van der Waals surface area contributed by atoms with Gasteiger partial charge >= 0.3 is 0 Å². The van der Waals surface area contributed by atoms with E-state index in [0.29, 0.717) is 18.7 Å². The first kappa shape index (κ1) is 12.7. The quantitative estimate of drug-likeness (QED) is 0.819. The molecule has 0 aliphatic carbocycles. The second kappa shape index (κ2) is 5.72. The van der Waals surface area contributed by atoms with Gasteiger partial charge in [0.25, 0.3) is 0 Å². The first-order chi connectivity index (χ1) is 8.74. The summed E-state index contributed by atoms with van der Waals surface area (Å²) in [5, 5.41) is 21.7. The van der Waals surface area contributed by atoms with Gasteiger partial charge in [0.05, 0.1) is 12.3 Å². The zero-order valence-corrected chi connectivity index (χ0v) is 10.7. The van der Waals surface area contributed by atoms with Gasteiger partial charge in [-0.1, -0.05) is 19.1 Å². The summed E-state index contributed by atoms with van der Waals surface area (Å²) in [6, 6.07) is 0. The fourth-order valence-corrected chi connectivity index (χ4v) is 1.71. The highest BCUT2D eigenvalue weighted by molar-refractivity contribution is 4.98. The van der Waals surface area contributed by atoms with Gasteiger partial charge in [-0.05, 0) is 12.8 Å². The molecule has 0 aliphatic heterocycles. The molecule has 1 atom stereocenters. The van der Waals surface area contributed by atoms with Crippen LogP contribution in [0.2, 0.25) is 0 Å². The van der Waals surface area contributed by atoms with Crippen molar-refractivity contribution < 1.29 is 5.11 Å². The summed E-state index contributed by atoms with van der Waals surface area (Å²) in [5.41, 5.74) is 0.596. The molecule has 0 bridgehead atoms. The van der Waals surface area contributed by atoms with E-state index < -0.39 is 6.10 Å². The highest BCUT2D eigenvalue weighted by atomic mass is 16.3. The van der Waals surface area contributed by atoms with Crippen molar-refractivity contribution in [3.8, 4) is 0 Å². The molecule has 7 heteroatoms. The Labute approximate surface area is 105 Å². The van der Waals surface area contributed by atoms with E-state index in [1.807, 2.05) is 11.6 Å². The van der Waals surface area contributed by atoms with E-state index in [2.05, 4.69) is 27.3 Å². The number of hydrogen-bond donors (Lipinski definition) is 1. The van der Waals surface area contributed by atoms with E-state index in [4.69, 9.17) is 0 Å². The zero-order valence-electron chi connectivity index (χ0n) is 10.7. The second-order valence-corrected chi connectivity index (χ2v) is 4.16. The van der Waals surface area contributed by atoms with Crippen molar-refractivity contribution in [2.75, 3.05) is 0 Å². The number of aromatic nitrogens is 6. The first-order valence-electron chi connectivity index (χ1n) is 6.19. The fourth-order valence-electron chi connectivity index (χ4n) is 1.71. The van der Waals surface area contributed by atoms with Crippen LogP contribution in [0.25, 0.3) is 0 Å². The molecule has 0 fully saturated rings. The summed E-state index contributed by atoms with van der Waals surface area (Å²) in [5.74, 6) is 0.847. The summed E-state index contributed by atoms with van der Waals surface area (Å²) >= 11 is 0. The maximum atomic E-state index is 9.66. The van der Waals surface area contributed by atoms with Gasteiger partial charge in [-0.15, -0.1) is 5.10 Å². The van der Waals surface area contributed by atoms with E-state index in [1.165, 1.54) is 0 Å². The molecule has 1 N–H and O–H groups in total. The molecule has 0 spiro atoms. The van der Waals surface area contributed by atoms with Crippen LogP contribution in [-0.2, 0) is 13.1 Å². The molecule has 1 unspecified atom stereocenters. The predicted octanol–water partition coefficient (Wildman–Crippen LogP) is 0.771. The lowest BCUT2D eigenvalue weighted by molar-refractivity contribution is 0.168. The van der Waals surface area contributed by atoms with Gasteiger partial charge in [0.2, 0.25) is 0 Å². The molecule has 2 aromatic rings. The van der Waals surface area contributed by atoms with Crippen molar-refractivity contribution in [1.29, 1.82) is 0 Å². The van der Waals surface area contributed by atoms with Crippen LogP contribution >= 0.6 is 0 Å². The van der Waals surface area contributed by atoms with Crippen molar-refractivity contribution in [1.82, 2.24) is 29.8 Å². The number of aryl methyl sites for hydroxylation is 1. The Morgan fingerprint density at radius 1 is 1.39 bits per heavy atom. The summed E-state index contributed by atoms with van der Waals surface area (Å²) < 4.78 is 3.53. The number of hydrogen-bond acceptors (Lipinski definition) is 5. The van der Waals surface area contributed by atoms with Crippen molar-refractivity contribution in [2.45, 2.75) is 45.9 Å². The fraction of sp³-hybridized carbons (Fsp3) is 0.636. The smallest absolute Gasteiger partial charge is 0.148 e. The summed E-state index contributed by atoms with van der Waals surface area (Å²) in [6.45, 7) is 5.36. The van der Waals surface area contributed by atoms with Gasteiger partial charge < -0.3 is 5.11 Å². The number of aliphatic hydroxyl groups is 1. The topological polar surface area (TPSA) is 81.7 Å². The Balaban J connectivity index is 2.09. The molecule has 0 amide bonds. The zero-order chi connectivity index (χ0) is 13.0. The lowest BCUT2D eigenvalue weighted by Crippen LogP contribution is -2.10. The molecule has 18 heavy (non-hydrogen) atoms. The third-order valence-corrected chi connectivity index (χ3v) is 2.72. The summed E-state index contributed by atoms with van der Waals surface area (Å²) in [6.07, 6.45) is 4.38. The first-order valence-corrected chi connectivity index (χ1v) is 6.19. The maximum Gasteiger partial charge on any atom is 0.148 e. The van der Waals surface area contributed by atoms with Gasteiger partial charge in [-0.2, -0.15) is 5.10 Å². The van der Waals surface area contributed by atoms with Crippen molar-refractivity contribution in [3.63, 3.8) is 0 Å². The van der Waals surface area contributed by atoms with E-state index in [0.717, 1.165) is 18.8 Å². The summed E-state index contributed by atoms with van der Waals surface area (Å²) in [7, 11) is 0. The van der Waals surface area contributed by atoms with Crippen molar-refractivity contribution in [2.24, 2.45) is 0 Å².